The van der Waals surface area contributed by atoms with Crippen molar-refractivity contribution in [1.29, 1.82) is 0 Å². The Labute approximate surface area is 143 Å². The van der Waals surface area contributed by atoms with Crippen LogP contribution in [0.2, 0.25) is 0 Å². The molecule has 0 aliphatic rings. The molecule has 0 radical (unpaired) electrons. The Balaban J connectivity index is 0.00000400. The number of guanidine groups is 1. The molecule has 0 spiro atoms. The molecule has 5 nitrogen and oxygen atoms in total. The Morgan fingerprint density at radius 3 is 2.81 bits per heavy atom. The van der Waals surface area contributed by atoms with Gasteiger partial charge in [-0.15, -0.1) is 24.0 Å². The molecule has 0 heterocycles. The highest BCUT2D eigenvalue weighted by Crippen LogP contribution is 2.05. The summed E-state index contributed by atoms with van der Waals surface area (Å²) in [5, 5.41) is 5.70. The number of halogens is 1. The number of aliphatic imine (C=N–C) groups is 1. The second-order valence-electron chi connectivity index (χ2n) is 4.58. The van der Waals surface area contributed by atoms with Crippen LogP contribution in [-0.4, -0.2) is 32.0 Å². The first-order valence-electron chi connectivity index (χ1n) is 7.02. The summed E-state index contributed by atoms with van der Waals surface area (Å²) < 4.78 is 0. The van der Waals surface area contributed by atoms with E-state index in [0.717, 1.165) is 31.4 Å². The van der Waals surface area contributed by atoms with Gasteiger partial charge in [0.2, 0.25) is 0 Å². The van der Waals surface area contributed by atoms with Gasteiger partial charge < -0.3 is 16.4 Å². The summed E-state index contributed by atoms with van der Waals surface area (Å²) in [5.74, 6) is 0.418. The fourth-order valence-corrected chi connectivity index (χ4v) is 1.76. The molecule has 0 bridgehead atoms. The zero-order chi connectivity index (χ0) is 14.8. The van der Waals surface area contributed by atoms with Crippen LogP contribution in [-0.2, 0) is 6.42 Å². The van der Waals surface area contributed by atoms with Crippen molar-refractivity contribution in [1.82, 2.24) is 10.6 Å². The van der Waals surface area contributed by atoms with Crippen LogP contribution in [0.5, 0.6) is 0 Å². The molecule has 0 saturated heterocycles. The number of carbonyl (C=O) groups is 1. The number of unbranched alkanes of at least 4 members (excludes halogenated alkanes) is 1. The molecule has 0 saturated carbocycles. The molecule has 1 amide bonds. The number of carbonyl (C=O) groups excluding carboxylic acids is 1. The molecule has 0 fully saturated rings. The highest BCUT2D eigenvalue weighted by Gasteiger charge is 2.03. The number of hydrogen-bond acceptors (Lipinski definition) is 2. The number of nitrogens with two attached hydrogens (primary N) is 1. The lowest BCUT2D eigenvalue weighted by molar-refractivity contribution is 0.0963. The predicted molar refractivity (Wildman–Crippen MR) is 98.4 cm³/mol. The van der Waals surface area contributed by atoms with Crippen molar-refractivity contribution in [3.05, 3.63) is 35.4 Å². The summed E-state index contributed by atoms with van der Waals surface area (Å²) in [6, 6.07) is 7.58. The molecule has 0 aliphatic heterocycles. The molecule has 0 unspecified atom stereocenters. The minimum Gasteiger partial charge on any atom is -0.370 e. The van der Waals surface area contributed by atoms with Gasteiger partial charge in [-0.05, 0) is 30.5 Å². The van der Waals surface area contributed by atoms with Crippen LogP contribution in [0.3, 0.4) is 0 Å². The molecule has 6 heteroatoms. The fraction of sp³-hybridized carbons (Fsp3) is 0.467. The summed E-state index contributed by atoms with van der Waals surface area (Å²) in [4.78, 5) is 15.8. The third-order valence-electron chi connectivity index (χ3n) is 2.93. The van der Waals surface area contributed by atoms with Crippen molar-refractivity contribution in [2.24, 2.45) is 10.7 Å². The molecule has 0 aromatic heterocycles. The molecule has 0 aliphatic carbocycles. The normalized spacial score (nSPS) is 10.7. The van der Waals surface area contributed by atoms with Gasteiger partial charge in [0.1, 0.15) is 0 Å². The first-order valence-corrected chi connectivity index (χ1v) is 7.02. The van der Waals surface area contributed by atoms with E-state index in [1.807, 2.05) is 18.2 Å². The lowest BCUT2D eigenvalue weighted by Gasteiger charge is -2.07. The Morgan fingerprint density at radius 2 is 2.14 bits per heavy atom. The molecule has 1 rings (SSSR count). The molecule has 1 aromatic rings. The molecular weight excluding hydrogens is 379 g/mol. The summed E-state index contributed by atoms with van der Waals surface area (Å²) >= 11 is 0. The highest BCUT2D eigenvalue weighted by atomic mass is 127. The second kappa shape index (κ2) is 11.4. The molecule has 0 atom stereocenters. The van der Waals surface area contributed by atoms with E-state index in [1.54, 1.807) is 13.1 Å². The van der Waals surface area contributed by atoms with Gasteiger partial charge in [0.15, 0.2) is 5.96 Å². The van der Waals surface area contributed by atoms with E-state index in [0.29, 0.717) is 18.1 Å². The van der Waals surface area contributed by atoms with Gasteiger partial charge in [-0.2, -0.15) is 0 Å². The monoisotopic (exact) mass is 404 g/mol. The number of nitrogens with one attached hydrogen (secondary N) is 2. The average Bonchev–Trinajstić information content (AvgIpc) is 2.47. The van der Waals surface area contributed by atoms with E-state index in [1.165, 1.54) is 0 Å². The van der Waals surface area contributed by atoms with Crippen molar-refractivity contribution in [3.8, 4) is 0 Å². The second-order valence-corrected chi connectivity index (χ2v) is 4.58. The highest BCUT2D eigenvalue weighted by molar-refractivity contribution is 14.0. The average molecular weight is 404 g/mol. The Hall–Kier alpha value is -1.31. The Bertz CT molecular complexity index is 463. The molecule has 4 N–H and O–H groups in total. The molecule has 1 aromatic carbocycles. The van der Waals surface area contributed by atoms with Gasteiger partial charge in [-0.3, -0.25) is 9.79 Å². The van der Waals surface area contributed by atoms with Gasteiger partial charge in [0.05, 0.1) is 0 Å². The minimum atomic E-state index is -0.0690. The largest absolute Gasteiger partial charge is 0.370 e. The van der Waals surface area contributed by atoms with Crippen LogP contribution >= 0.6 is 24.0 Å². The summed E-state index contributed by atoms with van der Waals surface area (Å²) in [5.41, 5.74) is 7.53. The molecule has 21 heavy (non-hydrogen) atoms. The van der Waals surface area contributed by atoms with Crippen LogP contribution in [0.1, 0.15) is 35.7 Å². The van der Waals surface area contributed by atoms with Crippen LogP contribution < -0.4 is 16.4 Å². The summed E-state index contributed by atoms with van der Waals surface area (Å²) in [6.07, 6.45) is 2.97. The lowest BCUT2D eigenvalue weighted by atomic mass is 10.1. The maximum Gasteiger partial charge on any atom is 0.251 e. The van der Waals surface area contributed by atoms with Gasteiger partial charge in [0, 0.05) is 25.7 Å². The van der Waals surface area contributed by atoms with Crippen molar-refractivity contribution >= 4 is 35.8 Å². The van der Waals surface area contributed by atoms with E-state index < -0.39 is 0 Å². The Morgan fingerprint density at radius 1 is 1.38 bits per heavy atom. The van der Waals surface area contributed by atoms with Crippen LogP contribution in [0, 0.1) is 0 Å². The van der Waals surface area contributed by atoms with Crippen LogP contribution in [0.25, 0.3) is 0 Å². The van der Waals surface area contributed by atoms with Crippen molar-refractivity contribution in [3.63, 3.8) is 0 Å². The van der Waals surface area contributed by atoms with Crippen LogP contribution in [0.4, 0.5) is 0 Å². The third kappa shape index (κ3) is 7.89. The maximum absolute atomic E-state index is 11.5. The maximum atomic E-state index is 11.5. The van der Waals surface area contributed by atoms with Crippen molar-refractivity contribution in [2.45, 2.75) is 26.2 Å². The summed E-state index contributed by atoms with van der Waals surface area (Å²) in [7, 11) is 1.63. The minimum absolute atomic E-state index is 0. The third-order valence-corrected chi connectivity index (χ3v) is 2.93. The quantitative estimate of drug-likeness (QED) is 0.281. The number of rotatable bonds is 7. The van der Waals surface area contributed by atoms with E-state index in [2.05, 4.69) is 22.5 Å². The first-order chi connectivity index (χ1) is 9.67. The van der Waals surface area contributed by atoms with Gasteiger partial charge in [-0.1, -0.05) is 25.5 Å². The first kappa shape index (κ1) is 19.7. The number of benzene rings is 1. The Kier molecular flexibility index (Phi) is 10.7. The van der Waals surface area contributed by atoms with E-state index in [9.17, 15) is 4.79 Å². The van der Waals surface area contributed by atoms with Crippen molar-refractivity contribution < 1.29 is 4.79 Å². The zero-order valence-electron chi connectivity index (χ0n) is 12.7. The van der Waals surface area contributed by atoms with Crippen LogP contribution in [0.15, 0.2) is 29.3 Å². The lowest BCUT2D eigenvalue weighted by Crippen LogP contribution is -2.33. The van der Waals surface area contributed by atoms with E-state index in [4.69, 9.17) is 5.73 Å². The molecular formula is C15H25IN4O. The van der Waals surface area contributed by atoms with Crippen molar-refractivity contribution in [2.75, 3.05) is 20.1 Å². The zero-order valence-corrected chi connectivity index (χ0v) is 15.0. The van der Waals surface area contributed by atoms with E-state index >= 15 is 0 Å². The van der Waals surface area contributed by atoms with Gasteiger partial charge in [-0.25, -0.2) is 0 Å². The van der Waals surface area contributed by atoms with Gasteiger partial charge >= 0.3 is 0 Å². The van der Waals surface area contributed by atoms with E-state index in [-0.39, 0.29) is 29.9 Å². The topological polar surface area (TPSA) is 79.5 Å². The number of nitrogens with zero attached hydrogens (tertiary/aromatic N) is 1. The summed E-state index contributed by atoms with van der Waals surface area (Å²) in [6.45, 7) is 3.60. The number of hydrogen-bond donors (Lipinski definition) is 3. The number of amides is 1. The molecule has 118 valence electrons. The van der Waals surface area contributed by atoms with Gasteiger partial charge in [0.25, 0.3) is 5.91 Å². The fourth-order valence-electron chi connectivity index (χ4n) is 1.76. The standard InChI is InChI=1S/C15H24N4O.HI/c1-3-4-9-18-15(16)19-10-8-12-6-5-7-13(11-12)14(20)17-2;/h5-7,11H,3-4,8-10H2,1-2H3,(H,17,20)(H3,16,18,19);1H. The SMILES string of the molecule is CCCCN=C(N)NCCc1cccc(C(=O)NC)c1.I. The predicted octanol–water partition coefficient (Wildman–Crippen LogP) is 1.91. The smallest absolute Gasteiger partial charge is 0.251 e.